The molecule has 1 aliphatic heterocycles. The quantitative estimate of drug-likeness (QED) is 0.676. The van der Waals surface area contributed by atoms with Gasteiger partial charge < -0.3 is 14.7 Å². The molecule has 118 valence electrons. The lowest BCUT2D eigenvalue weighted by atomic mass is 9.85. The number of rotatable bonds is 4. The van der Waals surface area contributed by atoms with Gasteiger partial charge in [-0.2, -0.15) is 0 Å². The first-order valence-electron chi connectivity index (χ1n) is 7.31. The van der Waals surface area contributed by atoms with Crippen molar-refractivity contribution in [2.75, 3.05) is 13.2 Å². The van der Waals surface area contributed by atoms with Gasteiger partial charge in [-0.15, -0.1) is 0 Å². The number of ether oxygens (including phenoxy) is 1. The molecule has 22 heavy (non-hydrogen) atoms. The Hall–Kier alpha value is -2.37. The van der Waals surface area contributed by atoms with Gasteiger partial charge in [0.2, 0.25) is 5.54 Å². The number of carboxylic acids is 1. The molecular formula is C16H19NO5. The SMILES string of the molecule is CCOC(=O)C1(C(=O)O)CCCCN1C(=O)c1ccccc1. The summed E-state index contributed by atoms with van der Waals surface area (Å²) in [6, 6.07) is 8.38. The van der Waals surface area contributed by atoms with Crippen LogP contribution in [-0.2, 0) is 14.3 Å². The fourth-order valence-electron chi connectivity index (χ4n) is 2.76. The monoisotopic (exact) mass is 305 g/mol. The van der Waals surface area contributed by atoms with Crippen molar-refractivity contribution >= 4 is 17.8 Å². The molecular weight excluding hydrogens is 286 g/mol. The molecule has 0 saturated carbocycles. The molecule has 1 N–H and O–H groups in total. The summed E-state index contributed by atoms with van der Waals surface area (Å²) in [5.74, 6) is -2.67. The summed E-state index contributed by atoms with van der Waals surface area (Å²) in [7, 11) is 0. The Morgan fingerprint density at radius 2 is 1.91 bits per heavy atom. The van der Waals surface area contributed by atoms with E-state index in [4.69, 9.17) is 4.74 Å². The number of likely N-dealkylation sites (tertiary alicyclic amines) is 1. The number of piperidine rings is 1. The summed E-state index contributed by atoms with van der Waals surface area (Å²) in [5.41, 5.74) is -1.57. The van der Waals surface area contributed by atoms with Crippen LogP contribution in [0.25, 0.3) is 0 Å². The summed E-state index contributed by atoms with van der Waals surface area (Å²) in [5, 5.41) is 9.66. The average molecular weight is 305 g/mol. The number of hydrogen-bond acceptors (Lipinski definition) is 4. The minimum atomic E-state index is -1.93. The fraction of sp³-hybridized carbons (Fsp3) is 0.438. The predicted molar refractivity (Wildman–Crippen MR) is 78.3 cm³/mol. The van der Waals surface area contributed by atoms with Gasteiger partial charge in [-0.1, -0.05) is 18.2 Å². The molecule has 0 radical (unpaired) electrons. The maximum absolute atomic E-state index is 12.7. The van der Waals surface area contributed by atoms with Crippen LogP contribution < -0.4 is 0 Å². The van der Waals surface area contributed by atoms with Gasteiger partial charge in [-0.3, -0.25) is 4.79 Å². The van der Waals surface area contributed by atoms with E-state index in [0.717, 1.165) is 4.90 Å². The van der Waals surface area contributed by atoms with Crippen LogP contribution >= 0.6 is 0 Å². The van der Waals surface area contributed by atoms with Crippen LogP contribution in [0.3, 0.4) is 0 Å². The number of hydrogen-bond donors (Lipinski definition) is 1. The normalized spacial score (nSPS) is 21.2. The number of carboxylic acid groups (broad SMARTS) is 1. The Kier molecular flexibility index (Phi) is 4.80. The number of esters is 1. The summed E-state index contributed by atoms with van der Waals surface area (Å²) in [6.07, 6.45) is 1.29. The standard InChI is InChI=1S/C16H19NO5/c1-2-22-15(21)16(14(19)20)10-6-7-11-17(16)13(18)12-8-4-3-5-9-12/h3-5,8-9H,2,6-7,10-11H2,1H3,(H,19,20). The molecule has 6 nitrogen and oxygen atoms in total. The first kappa shape index (κ1) is 16.0. The van der Waals surface area contributed by atoms with E-state index >= 15 is 0 Å². The van der Waals surface area contributed by atoms with Crippen LogP contribution in [0.4, 0.5) is 0 Å². The van der Waals surface area contributed by atoms with Crippen molar-refractivity contribution in [2.24, 2.45) is 0 Å². The fourth-order valence-corrected chi connectivity index (χ4v) is 2.76. The number of amides is 1. The zero-order valence-electron chi connectivity index (χ0n) is 12.4. The molecule has 1 aromatic carbocycles. The molecule has 1 saturated heterocycles. The second-order valence-electron chi connectivity index (χ2n) is 5.17. The molecule has 1 heterocycles. The molecule has 2 rings (SSSR count). The summed E-state index contributed by atoms with van der Waals surface area (Å²) >= 11 is 0. The number of aliphatic carboxylic acids is 1. The van der Waals surface area contributed by atoms with Crippen molar-refractivity contribution in [3.63, 3.8) is 0 Å². The molecule has 0 spiro atoms. The Morgan fingerprint density at radius 3 is 2.50 bits per heavy atom. The molecule has 0 aliphatic carbocycles. The van der Waals surface area contributed by atoms with Crippen molar-refractivity contribution in [2.45, 2.75) is 31.7 Å². The largest absolute Gasteiger partial charge is 0.479 e. The van der Waals surface area contributed by atoms with Crippen molar-refractivity contribution in [3.05, 3.63) is 35.9 Å². The van der Waals surface area contributed by atoms with Crippen molar-refractivity contribution < 1.29 is 24.2 Å². The van der Waals surface area contributed by atoms with Crippen LogP contribution in [0.1, 0.15) is 36.5 Å². The Labute approximate surface area is 128 Å². The summed E-state index contributed by atoms with van der Waals surface area (Å²) in [4.78, 5) is 38.0. The zero-order valence-corrected chi connectivity index (χ0v) is 12.4. The lowest BCUT2D eigenvalue weighted by Crippen LogP contribution is -2.64. The van der Waals surface area contributed by atoms with Crippen molar-refractivity contribution in [1.82, 2.24) is 4.90 Å². The molecule has 1 aliphatic rings. The van der Waals surface area contributed by atoms with E-state index in [1.165, 1.54) is 0 Å². The van der Waals surface area contributed by atoms with Gasteiger partial charge in [0.15, 0.2) is 0 Å². The van der Waals surface area contributed by atoms with Crippen LogP contribution in [0, 0.1) is 0 Å². The van der Waals surface area contributed by atoms with E-state index in [9.17, 15) is 19.5 Å². The van der Waals surface area contributed by atoms with Gasteiger partial charge in [0.25, 0.3) is 5.91 Å². The Morgan fingerprint density at radius 1 is 1.23 bits per heavy atom. The maximum atomic E-state index is 12.7. The highest BCUT2D eigenvalue weighted by Crippen LogP contribution is 2.31. The predicted octanol–water partition coefficient (Wildman–Crippen LogP) is 1.70. The maximum Gasteiger partial charge on any atom is 0.343 e. The Bertz CT molecular complexity index is 571. The van der Waals surface area contributed by atoms with Gasteiger partial charge >= 0.3 is 11.9 Å². The number of nitrogens with zero attached hydrogens (tertiary/aromatic N) is 1. The topological polar surface area (TPSA) is 83.9 Å². The highest BCUT2D eigenvalue weighted by atomic mass is 16.5. The first-order chi connectivity index (χ1) is 10.5. The number of carbonyl (C=O) groups excluding carboxylic acids is 2. The van der Waals surface area contributed by atoms with Gasteiger partial charge in [-0.25, -0.2) is 9.59 Å². The van der Waals surface area contributed by atoms with Crippen LogP contribution in [-0.4, -0.2) is 46.5 Å². The minimum Gasteiger partial charge on any atom is -0.479 e. The molecule has 6 heteroatoms. The number of benzene rings is 1. The zero-order chi connectivity index (χ0) is 16.2. The molecule has 0 aromatic heterocycles. The highest BCUT2D eigenvalue weighted by Gasteiger charge is 2.55. The molecule has 1 amide bonds. The van der Waals surface area contributed by atoms with E-state index in [-0.39, 0.29) is 19.6 Å². The molecule has 1 atom stereocenters. The van der Waals surface area contributed by atoms with Crippen LogP contribution in [0.15, 0.2) is 30.3 Å². The van der Waals surface area contributed by atoms with E-state index < -0.39 is 23.4 Å². The van der Waals surface area contributed by atoms with Crippen molar-refractivity contribution in [3.8, 4) is 0 Å². The molecule has 1 aromatic rings. The van der Waals surface area contributed by atoms with E-state index in [0.29, 0.717) is 18.4 Å². The highest BCUT2D eigenvalue weighted by molar-refractivity contribution is 6.09. The van der Waals surface area contributed by atoms with E-state index in [2.05, 4.69) is 0 Å². The lowest BCUT2D eigenvalue weighted by Gasteiger charge is -2.41. The Balaban J connectivity index is 2.43. The van der Waals surface area contributed by atoms with E-state index in [1.807, 2.05) is 0 Å². The third kappa shape index (κ3) is 2.68. The molecule has 1 fully saturated rings. The van der Waals surface area contributed by atoms with Gasteiger partial charge in [0.05, 0.1) is 6.61 Å². The van der Waals surface area contributed by atoms with Crippen LogP contribution in [0.2, 0.25) is 0 Å². The molecule has 1 unspecified atom stereocenters. The second-order valence-corrected chi connectivity index (χ2v) is 5.17. The summed E-state index contributed by atoms with van der Waals surface area (Å²) in [6.45, 7) is 1.90. The van der Waals surface area contributed by atoms with Gasteiger partial charge in [-0.05, 0) is 38.3 Å². The molecule has 0 bridgehead atoms. The number of carbonyl (C=O) groups is 3. The van der Waals surface area contributed by atoms with Gasteiger partial charge in [0.1, 0.15) is 0 Å². The first-order valence-corrected chi connectivity index (χ1v) is 7.31. The van der Waals surface area contributed by atoms with Gasteiger partial charge in [0, 0.05) is 12.1 Å². The second kappa shape index (κ2) is 6.60. The van der Waals surface area contributed by atoms with Crippen molar-refractivity contribution in [1.29, 1.82) is 0 Å². The minimum absolute atomic E-state index is 0.0692. The summed E-state index contributed by atoms with van der Waals surface area (Å²) < 4.78 is 4.95. The lowest BCUT2D eigenvalue weighted by molar-refractivity contribution is -0.172. The van der Waals surface area contributed by atoms with E-state index in [1.54, 1.807) is 37.3 Å². The smallest absolute Gasteiger partial charge is 0.343 e. The third-order valence-electron chi connectivity index (χ3n) is 3.86. The van der Waals surface area contributed by atoms with Crippen LogP contribution in [0.5, 0.6) is 0 Å². The third-order valence-corrected chi connectivity index (χ3v) is 3.86. The average Bonchev–Trinajstić information content (AvgIpc) is 2.54.